The lowest BCUT2D eigenvalue weighted by Gasteiger charge is -2.19. The van der Waals surface area contributed by atoms with E-state index >= 15 is 0 Å². The van der Waals surface area contributed by atoms with Crippen LogP contribution in [0.2, 0.25) is 0 Å². The van der Waals surface area contributed by atoms with Crippen LogP contribution in [0, 0.1) is 0 Å². The highest BCUT2D eigenvalue weighted by atomic mass is 16.7. The summed E-state index contributed by atoms with van der Waals surface area (Å²) in [4.78, 5) is 17.0. The topological polar surface area (TPSA) is 73.6 Å². The zero-order chi connectivity index (χ0) is 25.0. The molecule has 6 nitrogen and oxygen atoms in total. The number of carbonyl (C=O) groups is 1. The van der Waals surface area contributed by atoms with Gasteiger partial charge in [-0.1, -0.05) is 61.9 Å². The number of phenols is 1. The van der Waals surface area contributed by atoms with E-state index in [-0.39, 0.29) is 5.75 Å². The molecular formula is C29H32N2O4. The summed E-state index contributed by atoms with van der Waals surface area (Å²) in [7, 11) is 0. The molecule has 0 saturated carbocycles. The van der Waals surface area contributed by atoms with E-state index < -0.39 is 11.8 Å². The third-order valence-corrected chi connectivity index (χ3v) is 5.65. The molecular weight excluding hydrogens is 440 g/mol. The molecule has 0 atom stereocenters. The minimum absolute atomic E-state index is 0.239. The lowest BCUT2D eigenvalue weighted by atomic mass is 10.0. The van der Waals surface area contributed by atoms with Crippen molar-refractivity contribution < 1.29 is 19.4 Å². The number of fused-ring (bicyclic) bond motifs is 1. The number of hydrogen-bond donors (Lipinski definition) is 1. The first-order chi connectivity index (χ1) is 16.7. The largest absolute Gasteiger partial charge is 0.514 e. The number of benzene rings is 3. The first kappa shape index (κ1) is 24.3. The van der Waals surface area contributed by atoms with E-state index in [0.717, 1.165) is 52.8 Å². The summed E-state index contributed by atoms with van der Waals surface area (Å²) < 4.78 is 12.9. The normalized spacial score (nSPS) is 11.5. The van der Waals surface area contributed by atoms with E-state index in [2.05, 4.69) is 23.6 Å². The molecule has 0 amide bonds. The monoisotopic (exact) mass is 472 g/mol. The second kappa shape index (κ2) is 10.2. The van der Waals surface area contributed by atoms with Crippen LogP contribution in [0.25, 0.3) is 22.2 Å². The summed E-state index contributed by atoms with van der Waals surface area (Å²) in [5.74, 6) is 1.66. The molecule has 0 spiro atoms. The third kappa shape index (κ3) is 5.83. The molecule has 0 aliphatic rings. The van der Waals surface area contributed by atoms with Gasteiger partial charge in [-0.3, -0.25) is 0 Å². The first-order valence-corrected chi connectivity index (χ1v) is 12.0. The van der Waals surface area contributed by atoms with Crippen molar-refractivity contribution in [3.05, 3.63) is 78.1 Å². The highest BCUT2D eigenvalue weighted by Crippen LogP contribution is 2.32. The highest BCUT2D eigenvalue weighted by molar-refractivity contribution is 5.82. The second-order valence-corrected chi connectivity index (χ2v) is 9.62. The number of aryl methyl sites for hydroxylation is 1. The van der Waals surface area contributed by atoms with Crippen molar-refractivity contribution in [1.82, 2.24) is 9.55 Å². The second-order valence-electron chi connectivity index (χ2n) is 9.62. The molecule has 0 unspecified atom stereocenters. The summed E-state index contributed by atoms with van der Waals surface area (Å²) in [5.41, 5.74) is 3.76. The van der Waals surface area contributed by atoms with Crippen LogP contribution in [0.5, 0.6) is 11.5 Å². The molecule has 1 heterocycles. The van der Waals surface area contributed by atoms with Crippen molar-refractivity contribution in [3.63, 3.8) is 0 Å². The van der Waals surface area contributed by atoms with Crippen molar-refractivity contribution in [2.24, 2.45) is 0 Å². The molecule has 1 aromatic heterocycles. The number of para-hydroxylation sites is 2. The molecule has 4 aromatic rings. The van der Waals surface area contributed by atoms with Crippen molar-refractivity contribution in [3.8, 4) is 22.6 Å². The average Bonchev–Trinajstić information content (AvgIpc) is 3.16. The standard InChI is InChI=1S/C29H32N2O4/c1-5-6-14-26-30-23-11-9-12-24(32)27(23)31(26)19-20-15-17-21(18-16-20)22-10-7-8-13-25(22)34-28(33)35-29(2,3)4/h7-13,15-18,32H,5-6,14,19H2,1-4H3. The lowest BCUT2D eigenvalue weighted by molar-refractivity contribution is 0.0207. The van der Waals surface area contributed by atoms with Crippen LogP contribution < -0.4 is 4.74 Å². The zero-order valence-corrected chi connectivity index (χ0v) is 20.7. The number of unbranched alkanes of at least 4 members (excludes halogenated alkanes) is 1. The number of imidazole rings is 1. The lowest BCUT2D eigenvalue weighted by Crippen LogP contribution is -2.26. The molecule has 182 valence electrons. The average molecular weight is 473 g/mol. The van der Waals surface area contributed by atoms with E-state index in [9.17, 15) is 9.90 Å². The number of ether oxygens (including phenoxy) is 2. The van der Waals surface area contributed by atoms with Crippen LogP contribution in [0.3, 0.4) is 0 Å². The van der Waals surface area contributed by atoms with Crippen molar-refractivity contribution in [2.45, 2.75) is 59.1 Å². The van der Waals surface area contributed by atoms with Crippen LogP contribution in [0.15, 0.2) is 66.7 Å². The predicted octanol–water partition coefficient (Wildman–Crippen LogP) is 7.11. The highest BCUT2D eigenvalue weighted by Gasteiger charge is 2.20. The van der Waals surface area contributed by atoms with E-state index in [1.54, 1.807) is 32.9 Å². The Morgan fingerprint density at radius 1 is 1.00 bits per heavy atom. The van der Waals surface area contributed by atoms with E-state index in [0.29, 0.717) is 12.3 Å². The summed E-state index contributed by atoms with van der Waals surface area (Å²) in [5, 5.41) is 10.5. The summed E-state index contributed by atoms with van der Waals surface area (Å²) >= 11 is 0. The molecule has 1 N–H and O–H groups in total. The Morgan fingerprint density at radius 2 is 1.74 bits per heavy atom. The van der Waals surface area contributed by atoms with Gasteiger partial charge in [-0.25, -0.2) is 9.78 Å². The SMILES string of the molecule is CCCCc1nc2cccc(O)c2n1Cc1ccc(-c2ccccc2OC(=O)OC(C)(C)C)cc1. The van der Waals surface area contributed by atoms with Crippen LogP contribution in [-0.4, -0.2) is 26.4 Å². The Morgan fingerprint density at radius 3 is 2.46 bits per heavy atom. The van der Waals surface area contributed by atoms with Gasteiger partial charge in [-0.05, 0) is 56.5 Å². The Labute approximate surface area is 206 Å². The number of aromatic hydroxyl groups is 1. The van der Waals surface area contributed by atoms with Crippen molar-refractivity contribution in [1.29, 1.82) is 0 Å². The Balaban J connectivity index is 1.60. The van der Waals surface area contributed by atoms with Crippen LogP contribution in [-0.2, 0) is 17.7 Å². The zero-order valence-electron chi connectivity index (χ0n) is 20.7. The number of nitrogens with zero attached hydrogens (tertiary/aromatic N) is 2. The Bertz CT molecular complexity index is 1320. The number of rotatable bonds is 7. The minimum Gasteiger partial charge on any atom is -0.506 e. The maximum atomic E-state index is 12.2. The van der Waals surface area contributed by atoms with Gasteiger partial charge in [0, 0.05) is 18.5 Å². The van der Waals surface area contributed by atoms with Crippen LogP contribution in [0.1, 0.15) is 51.9 Å². The molecule has 0 bridgehead atoms. The van der Waals surface area contributed by atoms with Gasteiger partial charge < -0.3 is 19.1 Å². The fourth-order valence-electron chi connectivity index (χ4n) is 4.04. The number of aromatic nitrogens is 2. The van der Waals surface area contributed by atoms with Gasteiger partial charge in [0.1, 0.15) is 28.4 Å². The van der Waals surface area contributed by atoms with Gasteiger partial charge in [0.25, 0.3) is 0 Å². The molecule has 0 saturated heterocycles. The summed E-state index contributed by atoms with van der Waals surface area (Å²) in [6, 6.07) is 21.0. The third-order valence-electron chi connectivity index (χ3n) is 5.65. The molecule has 0 aliphatic heterocycles. The molecule has 0 aliphatic carbocycles. The predicted molar refractivity (Wildman–Crippen MR) is 138 cm³/mol. The van der Waals surface area contributed by atoms with Crippen LogP contribution >= 0.6 is 0 Å². The maximum absolute atomic E-state index is 12.2. The van der Waals surface area contributed by atoms with Gasteiger partial charge in [0.2, 0.25) is 0 Å². The van der Waals surface area contributed by atoms with Crippen molar-refractivity contribution >= 4 is 17.2 Å². The minimum atomic E-state index is -0.729. The van der Waals surface area contributed by atoms with E-state index in [4.69, 9.17) is 14.5 Å². The number of phenolic OH excluding ortho intramolecular Hbond substituents is 1. The number of carbonyl (C=O) groups excluding carboxylic acids is 1. The smallest absolute Gasteiger partial charge is 0.506 e. The quantitative estimate of drug-likeness (QED) is 0.229. The van der Waals surface area contributed by atoms with Gasteiger partial charge >= 0.3 is 6.16 Å². The fraction of sp³-hybridized carbons (Fsp3) is 0.310. The fourth-order valence-corrected chi connectivity index (χ4v) is 4.04. The molecule has 35 heavy (non-hydrogen) atoms. The molecule has 0 fully saturated rings. The maximum Gasteiger partial charge on any atom is 0.514 e. The molecule has 4 rings (SSSR count). The Hall–Kier alpha value is -3.80. The first-order valence-electron chi connectivity index (χ1n) is 12.0. The van der Waals surface area contributed by atoms with Crippen LogP contribution in [0.4, 0.5) is 4.79 Å². The molecule has 6 heteroatoms. The molecule has 3 aromatic carbocycles. The van der Waals surface area contributed by atoms with Gasteiger partial charge in [0.15, 0.2) is 0 Å². The summed E-state index contributed by atoms with van der Waals surface area (Å²) in [6.45, 7) is 8.17. The van der Waals surface area contributed by atoms with Gasteiger partial charge in [-0.15, -0.1) is 0 Å². The number of hydrogen-bond acceptors (Lipinski definition) is 5. The van der Waals surface area contributed by atoms with Crippen molar-refractivity contribution in [2.75, 3.05) is 0 Å². The van der Waals surface area contributed by atoms with Gasteiger partial charge in [0.05, 0.1) is 5.52 Å². The molecule has 0 radical (unpaired) electrons. The summed E-state index contributed by atoms with van der Waals surface area (Å²) in [6.07, 6.45) is 2.25. The van der Waals surface area contributed by atoms with E-state index in [1.807, 2.05) is 42.5 Å². The Kier molecular flexibility index (Phi) is 7.10. The van der Waals surface area contributed by atoms with E-state index in [1.165, 1.54) is 0 Å². The van der Waals surface area contributed by atoms with Gasteiger partial charge in [-0.2, -0.15) is 0 Å².